The highest BCUT2D eigenvalue weighted by Crippen LogP contribution is 2.27. The maximum atomic E-state index is 11.3. The van der Waals surface area contributed by atoms with Gasteiger partial charge in [-0.15, -0.1) is 5.10 Å². The summed E-state index contributed by atoms with van der Waals surface area (Å²) >= 11 is 0. The minimum atomic E-state index is -0.519. The summed E-state index contributed by atoms with van der Waals surface area (Å²) in [7, 11) is 2.86. The van der Waals surface area contributed by atoms with Gasteiger partial charge in [0.1, 0.15) is 12.7 Å². The van der Waals surface area contributed by atoms with E-state index in [1.807, 2.05) is 13.8 Å². The average molecular weight is 256 g/mol. The zero-order chi connectivity index (χ0) is 13.9. The summed E-state index contributed by atoms with van der Waals surface area (Å²) in [5.74, 6) is -0.299. The normalized spacial score (nSPS) is 10.5. The van der Waals surface area contributed by atoms with Gasteiger partial charge >= 0.3 is 11.7 Å². The van der Waals surface area contributed by atoms with Crippen LogP contribution in [0, 0.1) is 10.1 Å². The zero-order valence-corrected chi connectivity index (χ0v) is 10.8. The number of rotatable bonds is 5. The molecule has 1 aromatic rings. The molecule has 8 heteroatoms. The second-order valence-electron chi connectivity index (χ2n) is 4.07. The highest BCUT2D eigenvalue weighted by Gasteiger charge is 2.27. The van der Waals surface area contributed by atoms with E-state index in [9.17, 15) is 14.9 Å². The predicted octanol–water partition coefficient (Wildman–Crippen LogP) is 0.716. The van der Waals surface area contributed by atoms with Gasteiger partial charge in [0.15, 0.2) is 0 Å². The molecule has 0 aromatic carbocycles. The number of esters is 1. The van der Waals surface area contributed by atoms with Crippen molar-refractivity contribution >= 4 is 17.5 Å². The molecule has 0 atom stereocenters. The Morgan fingerprint density at radius 1 is 1.67 bits per heavy atom. The van der Waals surface area contributed by atoms with Gasteiger partial charge in [-0.2, -0.15) is 0 Å². The van der Waals surface area contributed by atoms with Crippen molar-refractivity contribution < 1.29 is 14.5 Å². The van der Waals surface area contributed by atoms with Crippen molar-refractivity contribution in [3.05, 3.63) is 16.3 Å². The van der Waals surface area contributed by atoms with E-state index >= 15 is 0 Å². The van der Waals surface area contributed by atoms with E-state index in [4.69, 9.17) is 0 Å². The Bertz CT molecular complexity index is 455. The number of ether oxygens (including phenoxy) is 1. The second-order valence-corrected chi connectivity index (χ2v) is 4.07. The van der Waals surface area contributed by atoms with Crippen LogP contribution in [-0.2, 0) is 16.6 Å². The molecule has 0 amide bonds. The van der Waals surface area contributed by atoms with E-state index in [1.165, 1.54) is 22.9 Å². The lowest BCUT2D eigenvalue weighted by atomic mass is 10.3. The van der Waals surface area contributed by atoms with Gasteiger partial charge in [-0.25, -0.2) is 0 Å². The topological polar surface area (TPSA) is 90.5 Å². The van der Waals surface area contributed by atoms with E-state index in [2.05, 4.69) is 9.84 Å². The monoisotopic (exact) mass is 256 g/mol. The maximum absolute atomic E-state index is 11.3. The van der Waals surface area contributed by atoms with E-state index in [-0.39, 0.29) is 24.1 Å². The Balaban J connectivity index is 3.13. The van der Waals surface area contributed by atoms with Crippen molar-refractivity contribution in [3.8, 4) is 0 Å². The van der Waals surface area contributed by atoms with Crippen LogP contribution < -0.4 is 4.90 Å². The number of carbonyl (C=O) groups excluding carboxylic acids is 1. The Kier molecular flexibility index (Phi) is 4.24. The van der Waals surface area contributed by atoms with Crippen molar-refractivity contribution in [2.24, 2.45) is 7.05 Å². The molecule has 0 N–H and O–H groups in total. The molecule has 100 valence electrons. The van der Waals surface area contributed by atoms with E-state index in [0.29, 0.717) is 0 Å². The number of anilines is 1. The molecular formula is C10H16N4O4. The van der Waals surface area contributed by atoms with Gasteiger partial charge in [0, 0.05) is 13.1 Å². The molecule has 0 fully saturated rings. The number of nitrogens with zero attached hydrogens (tertiary/aromatic N) is 4. The molecule has 1 heterocycles. The first kappa shape index (κ1) is 13.9. The average Bonchev–Trinajstić information content (AvgIpc) is 2.67. The summed E-state index contributed by atoms with van der Waals surface area (Å²) in [4.78, 5) is 23.3. The molecule has 8 nitrogen and oxygen atoms in total. The number of nitro groups is 1. The quantitative estimate of drug-likeness (QED) is 0.438. The Labute approximate surface area is 104 Å². The predicted molar refractivity (Wildman–Crippen MR) is 64.4 cm³/mol. The van der Waals surface area contributed by atoms with Gasteiger partial charge in [0.25, 0.3) is 0 Å². The van der Waals surface area contributed by atoms with Gasteiger partial charge < -0.3 is 9.64 Å². The maximum Gasteiger partial charge on any atom is 0.330 e. The molecule has 0 aliphatic heterocycles. The molecule has 0 radical (unpaired) electrons. The van der Waals surface area contributed by atoms with Crippen molar-refractivity contribution in [2.75, 3.05) is 18.6 Å². The SMILES string of the molecule is COC(=O)CN(c1nn(C)cc1[N+](=O)[O-])C(C)C. The summed E-state index contributed by atoms with van der Waals surface area (Å²) in [5, 5.41) is 15.0. The molecule has 0 spiro atoms. The first-order chi connectivity index (χ1) is 8.36. The highest BCUT2D eigenvalue weighted by molar-refractivity contribution is 5.76. The third-order valence-electron chi connectivity index (χ3n) is 2.41. The highest BCUT2D eigenvalue weighted by atomic mass is 16.6. The number of carbonyl (C=O) groups is 1. The summed E-state index contributed by atoms with van der Waals surface area (Å²) < 4.78 is 5.92. The summed E-state index contributed by atoms with van der Waals surface area (Å²) in [6, 6.07) is -0.113. The fraction of sp³-hybridized carbons (Fsp3) is 0.600. The van der Waals surface area contributed by atoms with Crippen LogP contribution in [0.25, 0.3) is 0 Å². The smallest absolute Gasteiger partial charge is 0.330 e. The molecular weight excluding hydrogens is 240 g/mol. The summed E-state index contributed by atoms with van der Waals surface area (Å²) in [5.41, 5.74) is -0.130. The molecule has 1 rings (SSSR count). The van der Waals surface area contributed by atoms with Crippen molar-refractivity contribution in [2.45, 2.75) is 19.9 Å². The van der Waals surface area contributed by atoms with Crippen molar-refractivity contribution in [3.63, 3.8) is 0 Å². The molecule has 1 aromatic heterocycles. The van der Waals surface area contributed by atoms with Crippen LogP contribution in [0.3, 0.4) is 0 Å². The first-order valence-electron chi connectivity index (χ1n) is 5.38. The van der Waals surface area contributed by atoms with Crippen molar-refractivity contribution in [1.82, 2.24) is 9.78 Å². The summed E-state index contributed by atoms with van der Waals surface area (Å²) in [6.07, 6.45) is 1.31. The Hall–Kier alpha value is -2.12. The van der Waals surface area contributed by atoms with Gasteiger partial charge in [-0.05, 0) is 13.8 Å². The number of methoxy groups -OCH3 is 1. The van der Waals surface area contributed by atoms with Gasteiger partial charge in [-0.3, -0.25) is 19.6 Å². The molecule has 0 aliphatic carbocycles. The Morgan fingerprint density at radius 2 is 2.28 bits per heavy atom. The lowest BCUT2D eigenvalue weighted by Gasteiger charge is -2.24. The lowest BCUT2D eigenvalue weighted by Crippen LogP contribution is -2.37. The van der Waals surface area contributed by atoms with Crippen LogP contribution in [0.2, 0.25) is 0 Å². The molecule has 0 saturated carbocycles. The minimum absolute atomic E-state index is 0.0774. The summed E-state index contributed by atoms with van der Waals surface area (Å²) in [6.45, 7) is 3.56. The largest absolute Gasteiger partial charge is 0.468 e. The van der Waals surface area contributed by atoms with Crippen LogP contribution in [-0.4, -0.2) is 40.4 Å². The number of hydrogen-bond acceptors (Lipinski definition) is 6. The van der Waals surface area contributed by atoms with Gasteiger partial charge in [0.2, 0.25) is 5.82 Å². The van der Waals surface area contributed by atoms with E-state index < -0.39 is 10.9 Å². The standard InChI is InChI=1S/C10H16N4O4/c1-7(2)13(6-9(15)18-4)10-8(14(16)17)5-12(3)11-10/h5,7H,6H2,1-4H3. The Morgan fingerprint density at radius 3 is 2.72 bits per heavy atom. The van der Waals surface area contributed by atoms with Crippen LogP contribution in [0.1, 0.15) is 13.8 Å². The minimum Gasteiger partial charge on any atom is -0.468 e. The number of hydrogen-bond donors (Lipinski definition) is 0. The van der Waals surface area contributed by atoms with Gasteiger partial charge in [-0.1, -0.05) is 0 Å². The fourth-order valence-corrected chi connectivity index (χ4v) is 1.50. The number of aryl methyl sites for hydroxylation is 1. The lowest BCUT2D eigenvalue weighted by molar-refractivity contribution is -0.384. The molecule has 0 unspecified atom stereocenters. The van der Waals surface area contributed by atoms with Crippen LogP contribution in [0.15, 0.2) is 6.20 Å². The second kappa shape index (κ2) is 5.48. The molecule has 0 aliphatic rings. The third kappa shape index (κ3) is 2.96. The third-order valence-corrected chi connectivity index (χ3v) is 2.41. The van der Waals surface area contributed by atoms with E-state index in [1.54, 1.807) is 7.05 Å². The van der Waals surface area contributed by atoms with Gasteiger partial charge in [0.05, 0.1) is 12.0 Å². The molecule has 18 heavy (non-hydrogen) atoms. The first-order valence-corrected chi connectivity index (χ1v) is 5.38. The molecule has 0 bridgehead atoms. The fourth-order valence-electron chi connectivity index (χ4n) is 1.50. The van der Waals surface area contributed by atoms with Crippen molar-refractivity contribution in [1.29, 1.82) is 0 Å². The van der Waals surface area contributed by atoms with Crippen LogP contribution >= 0.6 is 0 Å². The van der Waals surface area contributed by atoms with Crippen LogP contribution in [0.5, 0.6) is 0 Å². The van der Waals surface area contributed by atoms with Crippen LogP contribution in [0.4, 0.5) is 11.5 Å². The van der Waals surface area contributed by atoms with E-state index in [0.717, 1.165) is 0 Å². The number of aromatic nitrogens is 2. The molecule has 0 saturated heterocycles. The zero-order valence-electron chi connectivity index (χ0n) is 10.8.